The molecule has 128 valence electrons. The normalized spacial score (nSPS) is 13.7. The molecule has 0 amide bonds. The standard InChI is InChI=1S/C14H18O9/c1-2-14(7-15,8-22-12(20)5-3-10(16)17)9-23-13(21)6-4-11(18)19/h3-6,15H,2,7-9H2,1H3,(H,16,17)(H,18,19). The molecule has 0 atom stereocenters. The number of aliphatic hydroxyl groups is 1. The van der Waals surface area contributed by atoms with Crippen molar-refractivity contribution in [1.29, 1.82) is 0 Å². The Morgan fingerprint density at radius 1 is 0.870 bits per heavy atom. The summed E-state index contributed by atoms with van der Waals surface area (Å²) in [6.07, 6.45) is 2.91. The molecule has 0 bridgehead atoms. The second-order valence-corrected chi connectivity index (χ2v) is 4.57. The Labute approximate surface area is 131 Å². The lowest BCUT2D eigenvalue weighted by molar-refractivity contribution is -0.151. The van der Waals surface area contributed by atoms with E-state index in [9.17, 15) is 24.3 Å². The van der Waals surface area contributed by atoms with E-state index in [0.29, 0.717) is 24.3 Å². The molecule has 9 heteroatoms. The van der Waals surface area contributed by atoms with Gasteiger partial charge in [-0.1, -0.05) is 6.92 Å². The molecule has 0 aromatic carbocycles. The second-order valence-electron chi connectivity index (χ2n) is 4.57. The molecular weight excluding hydrogens is 312 g/mol. The van der Waals surface area contributed by atoms with Crippen molar-refractivity contribution >= 4 is 23.9 Å². The van der Waals surface area contributed by atoms with Crippen LogP contribution in [0.4, 0.5) is 0 Å². The summed E-state index contributed by atoms with van der Waals surface area (Å²) in [6, 6.07) is 0. The zero-order valence-corrected chi connectivity index (χ0v) is 12.4. The third-order valence-electron chi connectivity index (χ3n) is 2.85. The molecule has 0 aliphatic carbocycles. The molecule has 0 aromatic heterocycles. The van der Waals surface area contributed by atoms with Crippen LogP contribution in [0.5, 0.6) is 0 Å². The van der Waals surface area contributed by atoms with Gasteiger partial charge in [0.2, 0.25) is 0 Å². The average molecular weight is 330 g/mol. The molecule has 0 aliphatic rings. The lowest BCUT2D eigenvalue weighted by atomic mass is 9.88. The summed E-state index contributed by atoms with van der Waals surface area (Å²) in [5.74, 6) is -4.47. The topological polar surface area (TPSA) is 147 Å². The third-order valence-corrected chi connectivity index (χ3v) is 2.85. The van der Waals surface area contributed by atoms with E-state index in [4.69, 9.17) is 19.7 Å². The number of aliphatic hydroxyl groups excluding tert-OH is 1. The van der Waals surface area contributed by atoms with E-state index in [1.165, 1.54) is 0 Å². The second kappa shape index (κ2) is 10.1. The first-order valence-electron chi connectivity index (χ1n) is 6.51. The van der Waals surface area contributed by atoms with Gasteiger partial charge in [-0.05, 0) is 6.42 Å². The van der Waals surface area contributed by atoms with Crippen LogP contribution in [0.2, 0.25) is 0 Å². The first-order valence-corrected chi connectivity index (χ1v) is 6.51. The van der Waals surface area contributed by atoms with Gasteiger partial charge in [-0.25, -0.2) is 19.2 Å². The van der Waals surface area contributed by atoms with Crippen molar-refractivity contribution in [3.05, 3.63) is 24.3 Å². The van der Waals surface area contributed by atoms with Gasteiger partial charge in [0.1, 0.15) is 13.2 Å². The van der Waals surface area contributed by atoms with Crippen molar-refractivity contribution < 1.29 is 44.0 Å². The summed E-state index contributed by atoms with van der Waals surface area (Å²) < 4.78 is 9.64. The van der Waals surface area contributed by atoms with Crippen LogP contribution in [0.25, 0.3) is 0 Å². The maximum atomic E-state index is 11.3. The van der Waals surface area contributed by atoms with Crippen LogP contribution in [0.15, 0.2) is 24.3 Å². The van der Waals surface area contributed by atoms with Gasteiger partial charge < -0.3 is 24.8 Å². The average Bonchev–Trinajstić information content (AvgIpc) is 2.51. The number of carbonyl (C=O) groups is 4. The molecule has 0 fully saturated rings. The molecule has 23 heavy (non-hydrogen) atoms. The minimum absolute atomic E-state index is 0.287. The zero-order valence-electron chi connectivity index (χ0n) is 12.4. The van der Waals surface area contributed by atoms with Crippen LogP contribution < -0.4 is 0 Å². The minimum Gasteiger partial charge on any atom is -0.478 e. The fraction of sp³-hybridized carbons (Fsp3) is 0.429. The van der Waals surface area contributed by atoms with Gasteiger partial charge in [-0.15, -0.1) is 0 Å². The van der Waals surface area contributed by atoms with Crippen LogP contribution in [0.1, 0.15) is 13.3 Å². The number of carboxylic acids is 2. The number of hydrogen-bond donors (Lipinski definition) is 3. The summed E-state index contributed by atoms with van der Waals surface area (Å²) >= 11 is 0. The molecule has 0 unspecified atom stereocenters. The van der Waals surface area contributed by atoms with E-state index in [1.54, 1.807) is 6.92 Å². The lowest BCUT2D eigenvalue weighted by Gasteiger charge is -2.28. The van der Waals surface area contributed by atoms with Gasteiger partial charge in [0.15, 0.2) is 0 Å². The number of carboxylic acid groups (broad SMARTS) is 2. The van der Waals surface area contributed by atoms with E-state index < -0.39 is 35.9 Å². The number of aliphatic carboxylic acids is 2. The number of esters is 2. The molecule has 0 spiro atoms. The van der Waals surface area contributed by atoms with Gasteiger partial charge in [0.25, 0.3) is 0 Å². The summed E-state index contributed by atoms with van der Waals surface area (Å²) in [4.78, 5) is 43.1. The van der Waals surface area contributed by atoms with E-state index in [0.717, 1.165) is 0 Å². The van der Waals surface area contributed by atoms with Gasteiger partial charge in [-0.2, -0.15) is 0 Å². The Bertz CT molecular complexity index is 458. The Balaban J connectivity index is 4.62. The van der Waals surface area contributed by atoms with Crippen molar-refractivity contribution in [2.75, 3.05) is 19.8 Å². The maximum Gasteiger partial charge on any atom is 0.331 e. The summed E-state index contributed by atoms with van der Waals surface area (Å²) in [5.41, 5.74) is -1.07. The van der Waals surface area contributed by atoms with Gasteiger partial charge in [-0.3, -0.25) is 0 Å². The Morgan fingerprint density at radius 2 is 1.26 bits per heavy atom. The largest absolute Gasteiger partial charge is 0.478 e. The van der Waals surface area contributed by atoms with E-state index in [-0.39, 0.29) is 19.6 Å². The molecule has 0 rings (SSSR count). The smallest absolute Gasteiger partial charge is 0.331 e. The number of ether oxygens (including phenoxy) is 2. The number of rotatable bonds is 10. The monoisotopic (exact) mass is 330 g/mol. The molecule has 0 aromatic rings. The first kappa shape index (κ1) is 20.3. The molecule has 3 N–H and O–H groups in total. The highest BCUT2D eigenvalue weighted by atomic mass is 16.5. The minimum atomic E-state index is -1.31. The predicted molar refractivity (Wildman–Crippen MR) is 75.3 cm³/mol. The van der Waals surface area contributed by atoms with Crippen molar-refractivity contribution in [3.8, 4) is 0 Å². The Morgan fingerprint density at radius 3 is 1.52 bits per heavy atom. The molecule has 9 nitrogen and oxygen atoms in total. The van der Waals surface area contributed by atoms with Crippen molar-refractivity contribution in [3.63, 3.8) is 0 Å². The van der Waals surface area contributed by atoms with Gasteiger partial charge >= 0.3 is 23.9 Å². The first-order chi connectivity index (χ1) is 10.7. The summed E-state index contributed by atoms with van der Waals surface area (Å²) in [5, 5.41) is 26.2. The van der Waals surface area contributed by atoms with Crippen molar-refractivity contribution in [1.82, 2.24) is 0 Å². The molecule has 0 heterocycles. The summed E-state index contributed by atoms with van der Waals surface area (Å²) in [7, 11) is 0. The van der Waals surface area contributed by atoms with Crippen LogP contribution in [0, 0.1) is 5.41 Å². The predicted octanol–water partition coefficient (Wildman–Crippen LogP) is -0.257. The quantitative estimate of drug-likeness (QED) is 0.364. The van der Waals surface area contributed by atoms with Crippen LogP contribution in [-0.2, 0) is 28.7 Å². The maximum absolute atomic E-state index is 11.3. The molecule has 0 saturated heterocycles. The van der Waals surface area contributed by atoms with E-state index in [2.05, 4.69) is 0 Å². The third kappa shape index (κ3) is 9.04. The molecule has 0 radical (unpaired) electrons. The highest BCUT2D eigenvalue weighted by Gasteiger charge is 2.31. The fourth-order valence-corrected chi connectivity index (χ4v) is 1.27. The highest BCUT2D eigenvalue weighted by Crippen LogP contribution is 2.22. The summed E-state index contributed by atoms with van der Waals surface area (Å²) in [6.45, 7) is 0.588. The number of carbonyl (C=O) groups excluding carboxylic acids is 2. The highest BCUT2D eigenvalue weighted by molar-refractivity contribution is 5.91. The van der Waals surface area contributed by atoms with Crippen molar-refractivity contribution in [2.24, 2.45) is 5.41 Å². The molecule has 0 saturated carbocycles. The Hall–Kier alpha value is -2.68. The van der Waals surface area contributed by atoms with Crippen LogP contribution >= 0.6 is 0 Å². The van der Waals surface area contributed by atoms with Crippen molar-refractivity contribution in [2.45, 2.75) is 13.3 Å². The molecule has 0 aliphatic heterocycles. The van der Waals surface area contributed by atoms with Crippen LogP contribution in [0.3, 0.4) is 0 Å². The Kier molecular flexibility index (Phi) is 8.94. The van der Waals surface area contributed by atoms with Gasteiger partial charge in [0, 0.05) is 24.3 Å². The lowest BCUT2D eigenvalue weighted by Crippen LogP contribution is -2.37. The zero-order chi connectivity index (χ0) is 17.9. The molecular formula is C14H18O9. The van der Waals surface area contributed by atoms with E-state index >= 15 is 0 Å². The van der Waals surface area contributed by atoms with Gasteiger partial charge in [0.05, 0.1) is 12.0 Å². The fourth-order valence-electron chi connectivity index (χ4n) is 1.27. The SMILES string of the molecule is CCC(CO)(COC(=O)C=CC(=O)O)COC(=O)C=CC(=O)O. The van der Waals surface area contributed by atoms with Crippen LogP contribution in [-0.4, -0.2) is 59.0 Å². The van der Waals surface area contributed by atoms with E-state index in [1.807, 2.05) is 0 Å². The number of hydrogen-bond acceptors (Lipinski definition) is 7.